The van der Waals surface area contributed by atoms with Gasteiger partial charge < -0.3 is 4.90 Å². The van der Waals surface area contributed by atoms with Crippen LogP contribution < -0.4 is 0 Å². The summed E-state index contributed by atoms with van der Waals surface area (Å²) in [4.78, 5) is 16.8. The van der Waals surface area contributed by atoms with Crippen molar-refractivity contribution in [1.82, 2.24) is 14.7 Å². The summed E-state index contributed by atoms with van der Waals surface area (Å²) in [7, 11) is 0. The Morgan fingerprint density at radius 3 is 3.10 bits per heavy atom. The van der Waals surface area contributed by atoms with Crippen LogP contribution >= 0.6 is 11.3 Å². The van der Waals surface area contributed by atoms with Gasteiger partial charge in [-0.1, -0.05) is 0 Å². The quantitative estimate of drug-likeness (QED) is 0.871. The van der Waals surface area contributed by atoms with E-state index in [0.717, 1.165) is 30.8 Å². The lowest BCUT2D eigenvalue weighted by Crippen LogP contribution is -2.41. The van der Waals surface area contributed by atoms with Crippen molar-refractivity contribution in [2.24, 2.45) is 0 Å². The van der Waals surface area contributed by atoms with Gasteiger partial charge in [-0.25, -0.2) is 0 Å². The predicted octanol–water partition coefficient (Wildman–Crippen LogP) is 2.66. The normalized spacial score (nSPS) is 19.2. The second-order valence-corrected chi connectivity index (χ2v) is 6.68. The van der Waals surface area contributed by atoms with Crippen LogP contribution in [-0.4, -0.2) is 33.7 Å². The van der Waals surface area contributed by atoms with Gasteiger partial charge in [-0.05, 0) is 38.0 Å². The molecule has 2 aromatic heterocycles. The zero-order valence-electron chi connectivity index (χ0n) is 11.7. The Balaban J connectivity index is 1.63. The van der Waals surface area contributed by atoms with E-state index in [9.17, 15) is 4.79 Å². The number of nitrogens with zero attached hydrogens (tertiary/aromatic N) is 3. The van der Waals surface area contributed by atoms with Crippen LogP contribution in [0.5, 0.6) is 0 Å². The molecule has 20 heavy (non-hydrogen) atoms. The van der Waals surface area contributed by atoms with Crippen LogP contribution in [0.2, 0.25) is 0 Å². The van der Waals surface area contributed by atoms with Gasteiger partial charge in [-0.3, -0.25) is 9.48 Å². The highest BCUT2D eigenvalue weighted by Crippen LogP contribution is 2.22. The number of likely N-dealkylation sites (tertiary alicyclic amines) is 1. The molecule has 3 heterocycles. The lowest BCUT2D eigenvalue weighted by atomic mass is 10.1. The van der Waals surface area contributed by atoms with Crippen molar-refractivity contribution in [3.63, 3.8) is 0 Å². The van der Waals surface area contributed by atoms with Crippen LogP contribution in [-0.2, 0) is 11.2 Å². The molecule has 1 saturated heterocycles. The molecule has 1 aliphatic heterocycles. The molecule has 0 N–H and O–H groups in total. The molecule has 1 aliphatic rings. The van der Waals surface area contributed by atoms with E-state index in [-0.39, 0.29) is 5.91 Å². The first-order valence-corrected chi connectivity index (χ1v) is 7.86. The third-order valence-corrected chi connectivity index (χ3v) is 4.77. The summed E-state index contributed by atoms with van der Waals surface area (Å²) >= 11 is 1.71. The Morgan fingerprint density at radius 2 is 2.40 bits per heavy atom. The van der Waals surface area contributed by atoms with Crippen LogP contribution in [0.4, 0.5) is 0 Å². The molecule has 0 radical (unpaired) electrons. The molecule has 4 nitrogen and oxygen atoms in total. The lowest BCUT2D eigenvalue weighted by Gasteiger charge is -2.32. The monoisotopic (exact) mass is 289 g/mol. The molecule has 2 aromatic rings. The first-order chi connectivity index (χ1) is 9.72. The molecular formula is C15H19N3OS. The summed E-state index contributed by atoms with van der Waals surface area (Å²) < 4.78 is 1.98. The first kappa shape index (κ1) is 13.4. The second kappa shape index (κ2) is 5.79. The zero-order chi connectivity index (χ0) is 13.9. The van der Waals surface area contributed by atoms with Crippen molar-refractivity contribution in [1.29, 1.82) is 0 Å². The number of piperidine rings is 1. The Morgan fingerprint density at radius 1 is 1.50 bits per heavy atom. The highest BCUT2D eigenvalue weighted by molar-refractivity contribution is 7.12. The average Bonchev–Trinajstić information content (AvgIpc) is 3.11. The van der Waals surface area contributed by atoms with E-state index < -0.39 is 0 Å². The number of rotatable bonds is 3. The van der Waals surface area contributed by atoms with E-state index in [2.05, 4.69) is 24.2 Å². The SMILES string of the molecule is Cc1ccc(CC(=O)N2CCCC(n3cccn3)C2)s1. The molecule has 1 atom stereocenters. The highest BCUT2D eigenvalue weighted by Gasteiger charge is 2.25. The van der Waals surface area contributed by atoms with Gasteiger partial charge in [-0.15, -0.1) is 11.3 Å². The molecular weight excluding hydrogens is 270 g/mol. The summed E-state index contributed by atoms with van der Waals surface area (Å²) in [5.74, 6) is 0.240. The van der Waals surface area contributed by atoms with Crippen molar-refractivity contribution in [3.8, 4) is 0 Å². The summed E-state index contributed by atoms with van der Waals surface area (Å²) in [6.07, 6.45) is 6.48. The Labute approximate surface area is 123 Å². The van der Waals surface area contributed by atoms with Crippen molar-refractivity contribution in [2.45, 2.75) is 32.2 Å². The van der Waals surface area contributed by atoms with Gasteiger partial charge in [-0.2, -0.15) is 5.10 Å². The number of aromatic nitrogens is 2. The van der Waals surface area contributed by atoms with Crippen LogP contribution in [0.3, 0.4) is 0 Å². The number of aryl methyl sites for hydroxylation is 1. The molecule has 0 aromatic carbocycles. The average molecular weight is 289 g/mol. The minimum absolute atomic E-state index is 0.240. The Kier molecular flexibility index (Phi) is 3.87. The number of thiophene rings is 1. The van der Waals surface area contributed by atoms with Crippen LogP contribution in [0.1, 0.15) is 28.6 Å². The number of hydrogen-bond donors (Lipinski definition) is 0. The van der Waals surface area contributed by atoms with Crippen LogP contribution in [0, 0.1) is 6.92 Å². The van der Waals surface area contributed by atoms with E-state index in [1.807, 2.05) is 21.8 Å². The number of hydrogen-bond acceptors (Lipinski definition) is 3. The minimum atomic E-state index is 0.240. The maximum atomic E-state index is 12.4. The maximum Gasteiger partial charge on any atom is 0.227 e. The molecule has 0 spiro atoms. The van der Waals surface area contributed by atoms with Gasteiger partial charge in [0, 0.05) is 35.2 Å². The first-order valence-electron chi connectivity index (χ1n) is 7.04. The maximum absolute atomic E-state index is 12.4. The fourth-order valence-corrected chi connectivity index (χ4v) is 3.62. The molecule has 5 heteroatoms. The molecule has 0 aliphatic carbocycles. The molecule has 1 unspecified atom stereocenters. The number of carbonyl (C=O) groups excluding carboxylic acids is 1. The third-order valence-electron chi connectivity index (χ3n) is 3.77. The van der Waals surface area contributed by atoms with E-state index >= 15 is 0 Å². The molecule has 106 valence electrons. The van der Waals surface area contributed by atoms with Crippen molar-refractivity contribution < 1.29 is 4.79 Å². The van der Waals surface area contributed by atoms with Crippen molar-refractivity contribution in [2.75, 3.05) is 13.1 Å². The van der Waals surface area contributed by atoms with Gasteiger partial charge in [0.2, 0.25) is 5.91 Å². The largest absolute Gasteiger partial charge is 0.340 e. The van der Waals surface area contributed by atoms with Gasteiger partial charge in [0.15, 0.2) is 0 Å². The smallest absolute Gasteiger partial charge is 0.227 e. The van der Waals surface area contributed by atoms with Crippen molar-refractivity contribution in [3.05, 3.63) is 40.3 Å². The van der Waals surface area contributed by atoms with E-state index in [1.165, 1.54) is 4.88 Å². The van der Waals surface area contributed by atoms with E-state index in [0.29, 0.717) is 12.5 Å². The van der Waals surface area contributed by atoms with Crippen LogP contribution in [0.15, 0.2) is 30.6 Å². The van der Waals surface area contributed by atoms with E-state index in [4.69, 9.17) is 0 Å². The predicted molar refractivity (Wildman–Crippen MR) is 79.8 cm³/mol. The van der Waals surface area contributed by atoms with Crippen LogP contribution in [0.25, 0.3) is 0 Å². The fraction of sp³-hybridized carbons (Fsp3) is 0.467. The zero-order valence-corrected chi connectivity index (χ0v) is 12.5. The third kappa shape index (κ3) is 2.93. The minimum Gasteiger partial charge on any atom is -0.340 e. The standard InChI is InChI=1S/C15H19N3OS/c1-12-5-6-14(20-12)10-15(19)17-8-2-4-13(11-17)18-9-3-7-16-18/h3,5-7,9,13H,2,4,8,10-11H2,1H3. The lowest BCUT2D eigenvalue weighted by molar-refractivity contribution is -0.132. The number of carbonyl (C=O) groups is 1. The summed E-state index contributed by atoms with van der Waals surface area (Å²) in [6, 6.07) is 6.41. The fourth-order valence-electron chi connectivity index (χ4n) is 2.73. The molecule has 0 saturated carbocycles. The van der Waals surface area contributed by atoms with Gasteiger partial charge >= 0.3 is 0 Å². The van der Waals surface area contributed by atoms with Gasteiger partial charge in [0.05, 0.1) is 12.5 Å². The highest BCUT2D eigenvalue weighted by atomic mass is 32.1. The van der Waals surface area contributed by atoms with Gasteiger partial charge in [0.25, 0.3) is 0 Å². The molecule has 3 rings (SSSR count). The molecule has 1 amide bonds. The van der Waals surface area contributed by atoms with Gasteiger partial charge in [0.1, 0.15) is 0 Å². The Hall–Kier alpha value is -1.62. The topological polar surface area (TPSA) is 38.1 Å². The summed E-state index contributed by atoms with van der Waals surface area (Å²) in [5.41, 5.74) is 0. The number of amides is 1. The summed E-state index contributed by atoms with van der Waals surface area (Å²) in [5, 5.41) is 4.30. The summed E-state index contributed by atoms with van der Waals surface area (Å²) in [6.45, 7) is 3.74. The van der Waals surface area contributed by atoms with E-state index in [1.54, 1.807) is 17.5 Å². The molecule has 0 bridgehead atoms. The Bertz CT molecular complexity index is 576. The molecule has 1 fully saturated rings. The van der Waals surface area contributed by atoms with Crippen molar-refractivity contribution >= 4 is 17.2 Å². The second-order valence-electron chi connectivity index (χ2n) is 5.31.